The van der Waals surface area contributed by atoms with E-state index in [4.69, 9.17) is 9.57 Å². The minimum Gasteiger partial charge on any atom is -0.363 e. The van der Waals surface area contributed by atoms with E-state index in [1.54, 1.807) is 0 Å². The van der Waals surface area contributed by atoms with Crippen LogP contribution in [0.25, 0.3) is 0 Å². The van der Waals surface area contributed by atoms with Gasteiger partial charge in [0.25, 0.3) is 0 Å². The lowest BCUT2D eigenvalue weighted by molar-refractivity contribution is -0.150. The molecule has 1 aliphatic rings. The fourth-order valence-corrected chi connectivity index (χ4v) is 1.78. The van der Waals surface area contributed by atoms with Crippen molar-refractivity contribution in [3.05, 3.63) is 35.9 Å². The third-order valence-corrected chi connectivity index (χ3v) is 2.81. The van der Waals surface area contributed by atoms with E-state index in [0.717, 1.165) is 43.6 Å². The Morgan fingerprint density at radius 2 is 2.18 bits per heavy atom. The maximum absolute atomic E-state index is 5.58. The zero-order valence-corrected chi connectivity index (χ0v) is 10.3. The van der Waals surface area contributed by atoms with E-state index >= 15 is 0 Å². The van der Waals surface area contributed by atoms with Crippen molar-refractivity contribution < 1.29 is 9.57 Å². The van der Waals surface area contributed by atoms with Crippen molar-refractivity contribution in [1.29, 1.82) is 0 Å². The Labute approximate surface area is 102 Å². The molecule has 0 radical (unpaired) electrons. The van der Waals surface area contributed by atoms with Crippen LogP contribution in [0.2, 0.25) is 0 Å². The summed E-state index contributed by atoms with van der Waals surface area (Å²) in [6.45, 7) is 2.91. The summed E-state index contributed by atoms with van der Waals surface area (Å²) in [7, 11) is 0. The van der Waals surface area contributed by atoms with Crippen molar-refractivity contribution in [2.24, 2.45) is 5.16 Å². The van der Waals surface area contributed by atoms with Crippen molar-refractivity contribution in [3.63, 3.8) is 0 Å². The molecular weight excluding hydrogens is 214 g/mol. The van der Waals surface area contributed by atoms with E-state index in [0.29, 0.717) is 0 Å². The Bertz CT molecular complexity index is 362. The summed E-state index contributed by atoms with van der Waals surface area (Å²) >= 11 is 0. The monoisotopic (exact) mass is 233 g/mol. The van der Waals surface area contributed by atoms with Crippen molar-refractivity contribution >= 4 is 5.71 Å². The smallest absolute Gasteiger partial charge is 0.227 e. The van der Waals surface area contributed by atoms with E-state index in [1.165, 1.54) is 0 Å². The Kier molecular flexibility index (Phi) is 4.56. The van der Waals surface area contributed by atoms with Gasteiger partial charge in [-0.3, -0.25) is 0 Å². The number of ether oxygens (including phenoxy) is 1. The van der Waals surface area contributed by atoms with Crippen LogP contribution in [0, 0.1) is 0 Å². The molecule has 1 aromatic carbocycles. The van der Waals surface area contributed by atoms with Crippen molar-refractivity contribution in [2.45, 2.75) is 38.9 Å². The third-order valence-electron chi connectivity index (χ3n) is 2.81. The summed E-state index contributed by atoms with van der Waals surface area (Å²) in [6.07, 6.45) is 3.87. The second-order valence-electron chi connectivity index (χ2n) is 4.20. The molecule has 0 amide bonds. The van der Waals surface area contributed by atoms with Crippen LogP contribution in [0.4, 0.5) is 0 Å². The number of nitrogens with zero attached hydrogens (tertiary/aromatic N) is 1. The molecular formula is C14H19NO2. The normalized spacial score (nSPS) is 19.6. The molecule has 0 saturated carbocycles. The van der Waals surface area contributed by atoms with Crippen LogP contribution in [0.3, 0.4) is 0 Å². The van der Waals surface area contributed by atoms with Gasteiger partial charge in [0.1, 0.15) is 0 Å². The van der Waals surface area contributed by atoms with Gasteiger partial charge in [0.15, 0.2) is 0 Å². The lowest BCUT2D eigenvalue weighted by Crippen LogP contribution is -2.22. The lowest BCUT2D eigenvalue weighted by atomic mass is 10.1. The summed E-state index contributed by atoms with van der Waals surface area (Å²) in [5.41, 5.74) is 2.15. The van der Waals surface area contributed by atoms with Crippen LogP contribution in [0.1, 0.15) is 38.2 Å². The molecule has 92 valence electrons. The molecule has 0 fully saturated rings. The summed E-state index contributed by atoms with van der Waals surface area (Å²) in [5, 5.41) is 4.15. The molecule has 0 aliphatic carbocycles. The highest BCUT2D eigenvalue weighted by Crippen LogP contribution is 2.17. The summed E-state index contributed by atoms with van der Waals surface area (Å²) in [6, 6.07) is 10.1. The van der Waals surface area contributed by atoms with Crippen LogP contribution in [-0.4, -0.2) is 18.6 Å². The van der Waals surface area contributed by atoms with E-state index in [1.807, 2.05) is 18.2 Å². The van der Waals surface area contributed by atoms with Gasteiger partial charge in [-0.15, -0.1) is 0 Å². The highest BCUT2D eigenvalue weighted by Gasteiger charge is 2.18. The summed E-state index contributed by atoms with van der Waals surface area (Å²) in [5.74, 6) is 0. The molecule has 1 aliphatic heterocycles. The molecule has 3 nitrogen and oxygen atoms in total. The lowest BCUT2D eigenvalue weighted by Gasteiger charge is -2.21. The summed E-state index contributed by atoms with van der Waals surface area (Å²) < 4.78 is 5.58. The maximum Gasteiger partial charge on any atom is 0.227 e. The molecule has 1 heterocycles. The Morgan fingerprint density at radius 3 is 2.82 bits per heavy atom. The first kappa shape index (κ1) is 12.1. The molecule has 0 aromatic heterocycles. The van der Waals surface area contributed by atoms with Crippen LogP contribution >= 0.6 is 0 Å². The highest BCUT2D eigenvalue weighted by molar-refractivity contribution is 6.00. The number of oxime groups is 1. The minimum atomic E-state index is -0.158. The number of unbranched alkanes of at least 4 members (excludes halogenated alkanes) is 1. The second-order valence-corrected chi connectivity index (χ2v) is 4.20. The molecule has 1 atom stereocenters. The second kappa shape index (κ2) is 6.40. The van der Waals surface area contributed by atoms with Gasteiger partial charge in [-0.2, -0.15) is 0 Å². The van der Waals surface area contributed by atoms with Gasteiger partial charge in [-0.1, -0.05) is 48.8 Å². The zero-order chi connectivity index (χ0) is 11.9. The van der Waals surface area contributed by atoms with E-state index in [2.05, 4.69) is 24.2 Å². The SMILES string of the molecule is CCCCOC1CCC(c2ccccc2)=NO1. The minimum absolute atomic E-state index is 0.158. The molecule has 0 bridgehead atoms. The average molecular weight is 233 g/mol. The molecule has 0 N–H and O–H groups in total. The van der Waals surface area contributed by atoms with Gasteiger partial charge < -0.3 is 9.57 Å². The first-order chi connectivity index (χ1) is 8.40. The first-order valence-electron chi connectivity index (χ1n) is 6.30. The topological polar surface area (TPSA) is 30.8 Å². The first-order valence-corrected chi connectivity index (χ1v) is 6.30. The Morgan fingerprint density at radius 1 is 1.35 bits per heavy atom. The standard InChI is InChI=1S/C14H19NO2/c1-2-3-11-16-14-10-9-13(15-17-14)12-7-5-4-6-8-12/h4-8,14H,2-3,9-11H2,1H3. The average Bonchev–Trinajstić information content (AvgIpc) is 2.41. The maximum atomic E-state index is 5.58. The van der Waals surface area contributed by atoms with Gasteiger partial charge in [-0.25, -0.2) is 0 Å². The van der Waals surface area contributed by atoms with E-state index < -0.39 is 0 Å². The molecule has 1 unspecified atom stereocenters. The molecule has 3 heteroatoms. The zero-order valence-electron chi connectivity index (χ0n) is 10.3. The molecule has 0 spiro atoms. The molecule has 0 saturated heterocycles. The van der Waals surface area contributed by atoms with Crippen molar-refractivity contribution in [3.8, 4) is 0 Å². The quantitative estimate of drug-likeness (QED) is 0.730. The Balaban J connectivity index is 1.85. The molecule has 1 aromatic rings. The third kappa shape index (κ3) is 3.56. The van der Waals surface area contributed by atoms with Crippen LogP contribution in [0.5, 0.6) is 0 Å². The van der Waals surface area contributed by atoms with Crippen molar-refractivity contribution in [1.82, 2.24) is 0 Å². The van der Waals surface area contributed by atoms with Gasteiger partial charge in [0.05, 0.1) is 12.3 Å². The predicted octanol–water partition coefficient (Wildman–Crippen LogP) is 3.34. The molecule has 17 heavy (non-hydrogen) atoms. The van der Waals surface area contributed by atoms with Gasteiger partial charge in [0, 0.05) is 6.42 Å². The molecule has 2 rings (SSSR count). The number of benzene rings is 1. The number of rotatable bonds is 5. The fourth-order valence-electron chi connectivity index (χ4n) is 1.78. The van der Waals surface area contributed by atoms with Crippen molar-refractivity contribution in [2.75, 3.05) is 6.61 Å². The van der Waals surface area contributed by atoms with Gasteiger partial charge in [0.2, 0.25) is 6.29 Å². The van der Waals surface area contributed by atoms with Gasteiger partial charge in [-0.05, 0) is 18.4 Å². The largest absolute Gasteiger partial charge is 0.363 e. The predicted molar refractivity (Wildman–Crippen MR) is 67.9 cm³/mol. The summed E-state index contributed by atoms with van der Waals surface area (Å²) in [4.78, 5) is 5.36. The van der Waals surface area contributed by atoms with E-state index in [-0.39, 0.29) is 6.29 Å². The van der Waals surface area contributed by atoms with E-state index in [9.17, 15) is 0 Å². The van der Waals surface area contributed by atoms with Crippen LogP contribution in [-0.2, 0) is 9.57 Å². The van der Waals surface area contributed by atoms with Gasteiger partial charge >= 0.3 is 0 Å². The highest BCUT2D eigenvalue weighted by atomic mass is 16.8. The fraction of sp³-hybridized carbons (Fsp3) is 0.500. The van der Waals surface area contributed by atoms with Crippen LogP contribution in [0.15, 0.2) is 35.5 Å². The number of hydrogen-bond donors (Lipinski definition) is 0. The van der Waals surface area contributed by atoms with Crippen LogP contribution < -0.4 is 0 Å². The number of hydrogen-bond acceptors (Lipinski definition) is 3. The Hall–Kier alpha value is -1.35.